The van der Waals surface area contributed by atoms with Crippen molar-refractivity contribution in [2.24, 2.45) is 0 Å². The molecule has 1 N–H and O–H groups in total. The Morgan fingerprint density at radius 2 is 2.00 bits per heavy atom. The van der Waals surface area contributed by atoms with E-state index in [4.69, 9.17) is 0 Å². The fourth-order valence-electron chi connectivity index (χ4n) is 2.21. The van der Waals surface area contributed by atoms with Crippen LogP contribution in [-0.4, -0.2) is 24.1 Å². The van der Waals surface area contributed by atoms with Crippen molar-refractivity contribution in [3.8, 4) is 0 Å². The maximum atomic E-state index is 4.45. The van der Waals surface area contributed by atoms with Crippen LogP contribution in [0.15, 0.2) is 18.3 Å². The van der Waals surface area contributed by atoms with Gasteiger partial charge in [-0.25, -0.2) is 0 Å². The average Bonchev–Trinajstić information content (AvgIpc) is 3.21. The second kappa shape index (κ2) is 6.74. The van der Waals surface area contributed by atoms with Gasteiger partial charge in [0.05, 0.1) is 5.69 Å². The Bertz CT molecular complexity index is 355. The van der Waals surface area contributed by atoms with E-state index in [0.717, 1.165) is 31.4 Å². The number of hydrogen-bond acceptors (Lipinski definition) is 3. The summed E-state index contributed by atoms with van der Waals surface area (Å²) in [5, 5.41) is 3.52. The molecule has 0 bridgehead atoms. The van der Waals surface area contributed by atoms with Crippen molar-refractivity contribution < 1.29 is 0 Å². The minimum absolute atomic E-state index is 0.748. The van der Waals surface area contributed by atoms with Crippen LogP contribution in [0.3, 0.4) is 0 Å². The van der Waals surface area contributed by atoms with Gasteiger partial charge in [-0.3, -0.25) is 4.98 Å². The first-order valence-electron chi connectivity index (χ1n) is 7.26. The summed E-state index contributed by atoms with van der Waals surface area (Å²) < 4.78 is 0. The summed E-state index contributed by atoms with van der Waals surface area (Å²) in [6.07, 6.45) is 6.99. The molecule has 100 valence electrons. The Labute approximate surface area is 111 Å². The summed E-state index contributed by atoms with van der Waals surface area (Å²) in [6, 6.07) is 5.12. The predicted molar refractivity (Wildman–Crippen MR) is 76.9 cm³/mol. The zero-order valence-corrected chi connectivity index (χ0v) is 11.7. The van der Waals surface area contributed by atoms with Gasteiger partial charge in [-0.15, -0.1) is 0 Å². The second-order valence-electron chi connectivity index (χ2n) is 5.15. The molecule has 0 aliphatic heterocycles. The molecule has 0 unspecified atom stereocenters. The topological polar surface area (TPSA) is 28.2 Å². The minimum Gasteiger partial charge on any atom is -0.371 e. The molecular formula is C15H25N3. The highest BCUT2D eigenvalue weighted by Crippen LogP contribution is 2.20. The van der Waals surface area contributed by atoms with Crippen molar-refractivity contribution in [3.05, 3.63) is 24.0 Å². The lowest BCUT2D eigenvalue weighted by molar-refractivity contribution is 0.673. The van der Waals surface area contributed by atoms with E-state index in [9.17, 15) is 0 Å². The lowest BCUT2D eigenvalue weighted by Crippen LogP contribution is -2.25. The van der Waals surface area contributed by atoms with Crippen LogP contribution in [0.2, 0.25) is 0 Å². The van der Waals surface area contributed by atoms with Gasteiger partial charge < -0.3 is 10.2 Å². The lowest BCUT2D eigenvalue weighted by atomic mass is 10.2. The maximum absolute atomic E-state index is 4.45. The normalized spacial score (nSPS) is 14.8. The second-order valence-corrected chi connectivity index (χ2v) is 5.15. The third kappa shape index (κ3) is 3.98. The molecule has 18 heavy (non-hydrogen) atoms. The molecule has 1 saturated carbocycles. The van der Waals surface area contributed by atoms with Crippen LogP contribution in [-0.2, 0) is 6.54 Å². The highest BCUT2D eigenvalue weighted by atomic mass is 15.1. The van der Waals surface area contributed by atoms with Crippen LogP contribution in [0, 0.1) is 0 Å². The molecule has 1 heterocycles. The number of nitrogens with one attached hydrogen (secondary N) is 1. The van der Waals surface area contributed by atoms with E-state index in [2.05, 4.69) is 41.2 Å². The van der Waals surface area contributed by atoms with Crippen molar-refractivity contribution in [1.82, 2.24) is 10.3 Å². The van der Waals surface area contributed by atoms with Crippen LogP contribution >= 0.6 is 0 Å². The van der Waals surface area contributed by atoms with Gasteiger partial charge in [0, 0.05) is 37.6 Å². The Balaban J connectivity index is 1.98. The van der Waals surface area contributed by atoms with Gasteiger partial charge in [-0.1, -0.05) is 13.8 Å². The van der Waals surface area contributed by atoms with Gasteiger partial charge in [-0.05, 0) is 37.8 Å². The zero-order valence-electron chi connectivity index (χ0n) is 11.7. The summed E-state index contributed by atoms with van der Waals surface area (Å²) in [7, 11) is 0. The molecule has 1 aromatic heterocycles. The summed E-state index contributed by atoms with van der Waals surface area (Å²) >= 11 is 0. The van der Waals surface area contributed by atoms with Gasteiger partial charge in [0.25, 0.3) is 0 Å². The molecule has 0 spiro atoms. The first-order valence-corrected chi connectivity index (χ1v) is 7.26. The third-order valence-electron chi connectivity index (χ3n) is 3.30. The number of nitrogens with zero attached hydrogens (tertiary/aromatic N) is 2. The van der Waals surface area contributed by atoms with Crippen molar-refractivity contribution in [3.63, 3.8) is 0 Å². The van der Waals surface area contributed by atoms with Gasteiger partial charge in [-0.2, -0.15) is 0 Å². The molecule has 1 aliphatic rings. The van der Waals surface area contributed by atoms with Gasteiger partial charge >= 0.3 is 0 Å². The van der Waals surface area contributed by atoms with E-state index in [1.54, 1.807) is 0 Å². The Morgan fingerprint density at radius 1 is 1.28 bits per heavy atom. The number of pyridine rings is 1. The molecule has 1 aromatic rings. The Morgan fingerprint density at radius 3 is 2.61 bits per heavy atom. The highest BCUT2D eigenvalue weighted by Gasteiger charge is 2.20. The van der Waals surface area contributed by atoms with Crippen molar-refractivity contribution in [2.45, 2.75) is 52.1 Å². The largest absolute Gasteiger partial charge is 0.371 e. The quantitative estimate of drug-likeness (QED) is 0.765. The molecule has 1 fully saturated rings. The van der Waals surface area contributed by atoms with Crippen LogP contribution in [0.5, 0.6) is 0 Å². The van der Waals surface area contributed by atoms with E-state index < -0.39 is 0 Å². The minimum atomic E-state index is 0.748. The number of anilines is 1. The Hall–Kier alpha value is -1.09. The van der Waals surface area contributed by atoms with E-state index in [0.29, 0.717) is 0 Å². The molecule has 3 heteroatoms. The van der Waals surface area contributed by atoms with Crippen molar-refractivity contribution in [1.29, 1.82) is 0 Å². The highest BCUT2D eigenvalue weighted by molar-refractivity contribution is 5.46. The number of rotatable bonds is 8. The summed E-state index contributed by atoms with van der Waals surface area (Å²) in [6.45, 7) is 7.64. The molecular weight excluding hydrogens is 222 g/mol. The first kappa shape index (κ1) is 13.3. The molecule has 0 saturated heterocycles. The average molecular weight is 247 g/mol. The molecule has 0 atom stereocenters. The molecule has 3 nitrogen and oxygen atoms in total. The van der Waals surface area contributed by atoms with E-state index in [1.165, 1.54) is 31.4 Å². The Kier molecular flexibility index (Phi) is 5.00. The van der Waals surface area contributed by atoms with Crippen LogP contribution in [0.4, 0.5) is 5.69 Å². The van der Waals surface area contributed by atoms with E-state index in [1.807, 2.05) is 6.20 Å². The SMILES string of the molecule is CCCN(CCC)c1ccnc(CNC2CC2)c1. The fraction of sp³-hybridized carbons (Fsp3) is 0.667. The lowest BCUT2D eigenvalue weighted by Gasteiger charge is -2.24. The zero-order chi connectivity index (χ0) is 12.8. The molecule has 1 aliphatic carbocycles. The summed E-state index contributed by atoms with van der Waals surface area (Å²) in [5.41, 5.74) is 2.48. The number of hydrogen-bond donors (Lipinski definition) is 1. The predicted octanol–water partition coefficient (Wildman–Crippen LogP) is 2.96. The standard InChI is InChI=1S/C15H25N3/c1-3-9-18(10-4-2)15-7-8-16-14(11-15)12-17-13-5-6-13/h7-8,11,13,17H,3-6,9-10,12H2,1-2H3. The van der Waals surface area contributed by atoms with Gasteiger partial charge in [0.2, 0.25) is 0 Å². The van der Waals surface area contributed by atoms with Crippen LogP contribution < -0.4 is 10.2 Å². The maximum Gasteiger partial charge on any atom is 0.0562 e. The van der Waals surface area contributed by atoms with Crippen molar-refractivity contribution >= 4 is 5.69 Å². The van der Waals surface area contributed by atoms with Crippen LogP contribution in [0.25, 0.3) is 0 Å². The molecule has 0 radical (unpaired) electrons. The molecule has 0 amide bonds. The molecule has 2 rings (SSSR count). The fourth-order valence-corrected chi connectivity index (χ4v) is 2.21. The third-order valence-corrected chi connectivity index (χ3v) is 3.30. The summed E-state index contributed by atoms with van der Waals surface area (Å²) in [4.78, 5) is 6.91. The van der Waals surface area contributed by atoms with E-state index >= 15 is 0 Å². The summed E-state index contributed by atoms with van der Waals surface area (Å²) in [5.74, 6) is 0. The van der Waals surface area contributed by atoms with Gasteiger partial charge in [0.1, 0.15) is 0 Å². The smallest absolute Gasteiger partial charge is 0.0562 e. The molecule has 0 aromatic carbocycles. The van der Waals surface area contributed by atoms with Crippen molar-refractivity contribution in [2.75, 3.05) is 18.0 Å². The van der Waals surface area contributed by atoms with Crippen LogP contribution in [0.1, 0.15) is 45.2 Å². The first-order chi connectivity index (χ1) is 8.83. The monoisotopic (exact) mass is 247 g/mol. The number of aromatic nitrogens is 1. The van der Waals surface area contributed by atoms with Gasteiger partial charge in [0.15, 0.2) is 0 Å². The van der Waals surface area contributed by atoms with E-state index in [-0.39, 0.29) is 0 Å².